The van der Waals surface area contributed by atoms with Crippen LogP contribution in [0.3, 0.4) is 0 Å². The molecule has 0 aliphatic heterocycles. The second-order valence-electron chi connectivity index (χ2n) is 10.3. The van der Waals surface area contributed by atoms with Crippen LogP contribution in [0.1, 0.15) is 60.9 Å². The third-order valence-corrected chi connectivity index (χ3v) is 8.05. The van der Waals surface area contributed by atoms with Crippen LogP contribution in [0.15, 0.2) is 42.9 Å². The molecule has 4 bridgehead atoms. The first-order chi connectivity index (χ1) is 13.5. The number of aromatic nitrogens is 2. The fourth-order valence-electron chi connectivity index (χ4n) is 7.63. The van der Waals surface area contributed by atoms with Crippen LogP contribution >= 0.6 is 0 Å². The Kier molecular flexibility index (Phi) is 4.37. The Hall–Kier alpha value is -1.80. The Balaban J connectivity index is 0.00000181. The summed E-state index contributed by atoms with van der Waals surface area (Å²) in [6, 6.07) is 11.6. The first-order valence-electron chi connectivity index (χ1n) is 11.1. The molecule has 0 radical (unpaired) electrons. The molecule has 4 saturated carbocycles. The van der Waals surface area contributed by atoms with Crippen LogP contribution in [0.2, 0.25) is 0 Å². The van der Waals surface area contributed by atoms with Gasteiger partial charge >= 0.3 is 0 Å². The molecule has 0 atom stereocenters. The maximum absolute atomic E-state index is 2.52. The zero-order chi connectivity index (χ0) is 19.0. The van der Waals surface area contributed by atoms with Gasteiger partial charge in [0.1, 0.15) is 17.6 Å². The van der Waals surface area contributed by atoms with Crippen molar-refractivity contribution < 1.29 is 17.0 Å². The molecule has 7 rings (SSSR count). The van der Waals surface area contributed by atoms with E-state index >= 15 is 0 Å². The molecule has 4 aliphatic carbocycles. The smallest absolute Gasteiger partial charge is 0.254 e. The lowest BCUT2D eigenvalue weighted by Crippen LogP contribution is -3.00. The third kappa shape index (κ3) is 2.86. The minimum atomic E-state index is 0. The molecule has 152 valence electrons. The van der Waals surface area contributed by atoms with Crippen molar-refractivity contribution in [1.29, 1.82) is 0 Å². The number of aryl methyl sites for hydroxylation is 3. The number of hydrogen-bond donors (Lipinski definition) is 0. The zero-order valence-electron chi connectivity index (χ0n) is 17.8. The van der Waals surface area contributed by atoms with Crippen LogP contribution in [0, 0.1) is 38.5 Å². The van der Waals surface area contributed by atoms with Gasteiger partial charge in [0, 0.05) is 5.41 Å². The summed E-state index contributed by atoms with van der Waals surface area (Å²) in [5.41, 5.74) is 8.72. The van der Waals surface area contributed by atoms with Gasteiger partial charge in [-0.1, -0.05) is 23.8 Å². The van der Waals surface area contributed by atoms with Gasteiger partial charge in [-0.15, -0.1) is 0 Å². The fourth-order valence-corrected chi connectivity index (χ4v) is 7.63. The summed E-state index contributed by atoms with van der Waals surface area (Å²) in [6.07, 6.45) is 13.4. The molecule has 4 aliphatic rings. The summed E-state index contributed by atoms with van der Waals surface area (Å²) in [6.45, 7) is 6.67. The molecule has 29 heavy (non-hydrogen) atoms. The molecule has 3 heteroatoms. The quantitative estimate of drug-likeness (QED) is 0.578. The Morgan fingerprint density at radius 2 is 1.48 bits per heavy atom. The number of imidazole rings is 1. The van der Waals surface area contributed by atoms with Gasteiger partial charge in [-0.3, -0.25) is 0 Å². The van der Waals surface area contributed by atoms with Crippen molar-refractivity contribution in [1.82, 2.24) is 4.40 Å². The van der Waals surface area contributed by atoms with E-state index in [1.54, 1.807) is 5.69 Å². The zero-order valence-corrected chi connectivity index (χ0v) is 18.5. The average Bonchev–Trinajstić information content (AvgIpc) is 3.02. The second-order valence-corrected chi connectivity index (χ2v) is 10.3. The molecule has 2 aromatic heterocycles. The summed E-state index contributed by atoms with van der Waals surface area (Å²) in [4.78, 5) is 0. The summed E-state index contributed by atoms with van der Waals surface area (Å²) < 4.78 is 4.88. The Labute approximate surface area is 180 Å². The maximum Gasteiger partial charge on any atom is 0.254 e. The Morgan fingerprint density at radius 1 is 0.897 bits per heavy atom. The highest BCUT2D eigenvalue weighted by atomic mass is 35.5. The standard InChI is InChI=1S/C26H31N2.ClH/c1-17-7-18(2)25(19(3)8-17)27-15-23-5-4-6-24(28(23)16-27)26-12-20-9-21(13-26)11-22(10-20)14-26;/h4-8,15-16,20-22H,9-14H2,1-3H3;1H/q+1;/p-1. The van der Waals surface area contributed by atoms with Gasteiger partial charge in [0.05, 0.1) is 0 Å². The minimum absolute atomic E-state index is 0. The summed E-state index contributed by atoms with van der Waals surface area (Å²) in [5.74, 6) is 2.93. The van der Waals surface area contributed by atoms with Gasteiger partial charge in [-0.25, -0.2) is 4.57 Å². The molecule has 2 nitrogen and oxygen atoms in total. The van der Waals surface area contributed by atoms with Crippen LogP contribution in [0.25, 0.3) is 11.2 Å². The van der Waals surface area contributed by atoms with E-state index in [9.17, 15) is 0 Å². The molecule has 4 fully saturated rings. The van der Waals surface area contributed by atoms with Gasteiger partial charge < -0.3 is 12.4 Å². The number of benzene rings is 1. The van der Waals surface area contributed by atoms with Gasteiger partial charge in [-0.05, 0) is 100 Å². The summed E-state index contributed by atoms with van der Waals surface area (Å²) in [5, 5.41) is 0. The number of hydrogen-bond acceptors (Lipinski definition) is 0. The third-order valence-electron chi connectivity index (χ3n) is 8.05. The average molecular weight is 407 g/mol. The van der Waals surface area contributed by atoms with E-state index in [0.717, 1.165) is 17.8 Å². The monoisotopic (exact) mass is 406 g/mol. The maximum atomic E-state index is 2.52. The van der Waals surface area contributed by atoms with E-state index < -0.39 is 0 Å². The van der Waals surface area contributed by atoms with E-state index in [0.29, 0.717) is 5.41 Å². The molecule has 0 amide bonds. The van der Waals surface area contributed by atoms with Crippen molar-refractivity contribution >= 4 is 5.52 Å². The van der Waals surface area contributed by atoms with Crippen LogP contribution in [0.4, 0.5) is 0 Å². The van der Waals surface area contributed by atoms with Crippen molar-refractivity contribution in [3.05, 3.63) is 65.2 Å². The number of halogens is 1. The summed E-state index contributed by atoms with van der Waals surface area (Å²) in [7, 11) is 0. The van der Waals surface area contributed by atoms with Crippen molar-refractivity contribution in [2.24, 2.45) is 17.8 Å². The van der Waals surface area contributed by atoms with Gasteiger partial charge in [0.15, 0.2) is 5.52 Å². The van der Waals surface area contributed by atoms with Crippen molar-refractivity contribution in [3.63, 3.8) is 0 Å². The van der Waals surface area contributed by atoms with Crippen molar-refractivity contribution in [2.75, 3.05) is 0 Å². The number of nitrogens with zero attached hydrogens (tertiary/aromatic N) is 2. The van der Waals surface area contributed by atoms with E-state index in [-0.39, 0.29) is 12.4 Å². The van der Waals surface area contributed by atoms with E-state index in [1.165, 1.54) is 66.4 Å². The predicted octanol–water partition coefficient (Wildman–Crippen LogP) is 2.61. The molecule has 2 heterocycles. The van der Waals surface area contributed by atoms with Crippen LogP contribution in [-0.2, 0) is 5.41 Å². The minimum Gasteiger partial charge on any atom is -1.00 e. The number of fused-ring (bicyclic) bond motifs is 1. The largest absolute Gasteiger partial charge is 1.00 e. The lowest BCUT2D eigenvalue weighted by molar-refractivity contribution is -0.594. The molecular formula is C26H31ClN2. The first kappa shape index (κ1) is 19.2. The van der Waals surface area contributed by atoms with E-state index in [2.05, 4.69) is 72.6 Å². The van der Waals surface area contributed by atoms with Gasteiger partial charge in [0.2, 0.25) is 0 Å². The Morgan fingerprint density at radius 3 is 2.07 bits per heavy atom. The van der Waals surface area contributed by atoms with E-state index in [4.69, 9.17) is 0 Å². The summed E-state index contributed by atoms with van der Waals surface area (Å²) >= 11 is 0. The lowest BCUT2D eigenvalue weighted by Gasteiger charge is -2.56. The Bertz CT molecular complexity index is 1030. The molecule has 0 spiro atoms. The van der Waals surface area contributed by atoms with Crippen molar-refractivity contribution in [3.8, 4) is 5.69 Å². The van der Waals surface area contributed by atoms with Crippen molar-refractivity contribution in [2.45, 2.75) is 64.7 Å². The molecular weight excluding hydrogens is 376 g/mol. The molecule has 0 N–H and O–H groups in total. The normalized spacial score (nSPS) is 30.0. The first-order valence-corrected chi connectivity index (χ1v) is 11.1. The molecule has 1 aromatic carbocycles. The van der Waals surface area contributed by atoms with Gasteiger partial charge in [-0.2, -0.15) is 4.40 Å². The molecule has 3 aromatic rings. The molecule has 0 unspecified atom stereocenters. The highest BCUT2D eigenvalue weighted by Gasteiger charge is 2.53. The lowest BCUT2D eigenvalue weighted by atomic mass is 9.48. The second kappa shape index (κ2) is 6.60. The van der Waals surface area contributed by atoms with Crippen LogP contribution in [0.5, 0.6) is 0 Å². The van der Waals surface area contributed by atoms with Gasteiger partial charge in [0.25, 0.3) is 6.33 Å². The number of rotatable bonds is 2. The fraction of sp³-hybridized carbons (Fsp3) is 0.500. The SMILES string of the molecule is Cc1cc(C)c(-[n+]2cc3cccc(C45CC6CC(CC(C6)C4)C5)n3c2)c(C)c1.[Cl-]. The highest BCUT2D eigenvalue weighted by Crippen LogP contribution is 2.60. The predicted molar refractivity (Wildman–Crippen MR) is 113 cm³/mol. The topological polar surface area (TPSA) is 8.29 Å². The molecule has 0 saturated heterocycles. The van der Waals surface area contributed by atoms with E-state index in [1.807, 2.05) is 0 Å². The van der Waals surface area contributed by atoms with Crippen LogP contribution in [-0.4, -0.2) is 4.40 Å². The number of pyridine rings is 1. The van der Waals surface area contributed by atoms with Crippen LogP contribution < -0.4 is 17.0 Å². The highest BCUT2D eigenvalue weighted by molar-refractivity contribution is 5.48.